The lowest BCUT2D eigenvalue weighted by Gasteiger charge is -2.39. The fourth-order valence-corrected chi connectivity index (χ4v) is 1.90. The van der Waals surface area contributed by atoms with Crippen molar-refractivity contribution in [2.45, 2.75) is 25.3 Å². The molecule has 1 aliphatic heterocycles. The van der Waals surface area contributed by atoms with E-state index in [9.17, 15) is 9.59 Å². The van der Waals surface area contributed by atoms with Gasteiger partial charge in [0.1, 0.15) is 12.3 Å². The quantitative estimate of drug-likeness (QED) is 0.753. The van der Waals surface area contributed by atoms with E-state index in [2.05, 4.69) is 0 Å². The van der Waals surface area contributed by atoms with E-state index in [0.29, 0.717) is 6.42 Å². The maximum absolute atomic E-state index is 11.2. The average Bonchev–Trinajstić information content (AvgIpc) is 2.73. The summed E-state index contributed by atoms with van der Waals surface area (Å²) in [5.41, 5.74) is 0. The Morgan fingerprint density at radius 2 is 2.44 bits per heavy atom. The highest BCUT2D eigenvalue weighted by Gasteiger charge is 2.36. The number of amides is 1. The lowest BCUT2D eigenvalue weighted by atomic mass is 9.96. The molecule has 0 aromatic carbocycles. The van der Waals surface area contributed by atoms with Crippen molar-refractivity contribution in [2.75, 3.05) is 6.54 Å². The number of carboxylic acids is 1. The van der Waals surface area contributed by atoms with Crippen LogP contribution in [0.5, 0.6) is 0 Å². The van der Waals surface area contributed by atoms with E-state index in [0.717, 1.165) is 18.6 Å². The summed E-state index contributed by atoms with van der Waals surface area (Å²) in [6, 6.07) is 3.74. The summed E-state index contributed by atoms with van der Waals surface area (Å²) in [7, 11) is 0. The fraction of sp³-hybridized carbons (Fsp3) is 0.455. The molecule has 0 aliphatic carbocycles. The molecule has 0 spiro atoms. The van der Waals surface area contributed by atoms with E-state index in [1.165, 1.54) is 4.90 Å². The standard InChI is InChI=1S/C11H13NO4/c13-10-6-8(12(10)7-11(14)15)3-4-9-2-1-5-16-9/h1-2,5,8H,3-4,6-7H2,(H,14,15). The SMILES string of the molecule is O=C(O)CN1C(=O)CC1CCc1ccco1. The number of furan rings is 1. The highest BCUT2D eigenvalue weighted by molar-refractivity contribution is 5.86. The number of hydrogen-bond acceptors (Lipinski definition) is 3. The Hall–Kier alpha value is -1.78. The van der Waals surface area contributed by atoms with Crippen LogP contribution in [-0.4, -0.2) is 34.5 Å². The molecule has 2 rings (SSSR count). The van der Waals surface area contributed by atoms with Crippen molar-refractivity contribution in [3.8, 4) is 0 Å². The van der Waals surface area contributed by atoms with Crippen LogP contribution in [0.15, 0.2) is 22.8 Å². The van der Waals surface area contributed by atoms with Crippen LogP contribution in [0.4, 0.5) is 0 Å². The molecule has 2 heterocycles. The number of likely N-dealkylation sites (tertiary alicyclic amines) is 1. The first-order valence-corrected chi connectivity index (χ1v) is 5.20. The van der Waals surface area contributed by atoms with Crippen molar-refractivity contribution in [2.24, 2.45) is 0 Å². The fourth-order valence-electron chi connectivity index (χ4n) is 1.90. The number of rotatable bonds is 5. The van der Waals surface area contributed by atoms with E-state index in [1.807, 2.05) is 12.1 Å². The molecule has 1 amide bonds. The molecule has 5 nitrogen and oxygen atoms in total. The number of aliphatic carboxylic acids is 1. The van der Waals surface area contributed by atoms with Crippen LogP contribution < -0.4 is 0 Å². The van der Waals surface area contributed by atoms with Crippen molar-refractivity contribution in [1.82, 2.24) is 4.90 Å². The Morgan fingerprint density at radius 3 is 3.00 bits per heavy atom. The summed E-state index contributed by atoms with van der Waals surface area (Å²) in [4.78, 5) is 23.1. The third-order valence-electron chi connectivity index (χ3n) is 2.78. The summed E-state index contributed by atoms with van der Waals surface area (Å²) < 4.78 is 5.18. The predicted molar refractivity (Wildman–Crippen MR) is 54.8 cm³/mol. The number of carbonyl (C=O) groups excluding carboxylic acids is 1. The molecule has 1 aliphatic rings. The summed E-state index contributed by atoms with van der Waals surface area (Å²) in [5.74, 6) is -0.169. The van der Waals surface area contributed by atoms with E-state index < -0.39 is 5.97 Å². The number of hydrogen-bond donors (Lipinski definition) is 1. The Kier molecular flexibility index (Phi) is 2.94. The van der Waals surface area contributed by atoms with Crippen molar-refractivity contribution in [1.29, 1.82) is 0 Å². The number of carboxylic acid groups (broad SMARTS) is 1. The monoisotopic (exact) mass is 223 g/mol. The number of aryl methyl sites for hydroxylation is 1. The van der Waals surface area contributed by atoms with Crippen LogP contribution in [0.1, 0.15) is 18.6 Å². The van der Waals surface area contributed by atoms with Gasteiger partial charge in [-0.15, -0.1) is 0 Å². The van der Waals surface area contributed by atoms with Gasteiger partial charge in [0.05, 0.1) is 6.26 Å². The third kappa shape index (κ3) is 2.24. The van der Waals surface area contributed by atoms with Gasteiger partial charge in [-0.2, -0.15) is 0 Å². The molecule has 1 atom stereocenters. The molecule has 1 aromatic heterocycles. The van der Waals surface area contributed by atoms with Gasteiger partial charge in [0.2, 0.25) is 5.91 Å². The first-order valence-electron chi connectivity index (χ1n) is 5.20. The Morgan fingerprint density at radius 1 is 1.62 bits per heavy atom. The van der Waals surface area contributed by atoms with E-state index >= 15 is 0 Å². The molecule has 1 fully saturated rings. The minimum atomic E-state index is -0.962. The Bertz CT molecular complexity index is 385. The summed E-state index contributed by atoms with van der Waals surface area (Å²) in [6.07, 6.45) is 3.55. The van der Waals surface area contributed by atoms with Crippen LogP contribution in [0.2, 0.25) is 0 Å². The molecular weight excluding hydrogens is 210 g/mol. The maximum Gasteiger partial charge on any atom is 0.323 e. The molecule has 0 radical (unpaired) electrons. The molecule has 1 aromatic rings. The molecule has 0 saturated carbocycles. The molecule has 1 unspecified atom stereocenters. The summed E-state index contributed by atoms with van der Waals surface area (Å²) in [6.45, 7) is -0.193. The Balaban J connectivity index is 1.82. The van der Waals surface area contributed by atoms with Crippen molar-refractivity contribution >= 4 is 11.9 Å². The van der Waals surface area contributed by atoms with Crippen LogP contribution >= 0.6 is 0 Å². The molecule has 16 heavy (non-hydrogen) atoms. The summed E-state index contributed by atoms with van der Waals surface area (Å²) in [5, 5.41) is 8.62. The zero-order valence-corrected chi connectivity index (χ0v) is 8.76. The Labute approximate surface area is 92.7 Å². The highest BCUT2D eigenvalue weighted by Crippen LogP contribution is 2.23. The lowest BCUT2D eigenvalue weighted by molar-refractivity contribution is -0.155. The van der Waals surface area contributed by atoms with Gasteiger partial charge in [-0.1, -0.05) is 0 Å². The lowest BCUT2D eigenvalue weighted by Crippen LogP contribution is -2.54. The minimum absolute atomic E-state index is 0.0497. The van der Waals surface area contributed by atoms with E-state index in [1.54, 1.807) is 6.26 Å². The molecule has 86 valence electrons. The number of nitrogens with zero attached hydrogens (tertiary/aromatic N) is 1. The van der Waals surface area contributed by atoms with Gasteiger partial charge >= 0.3 is 5.97 Å². The largest absolute Gasteiger partial charge is 0.480 e. The number of carbonyl (C=O) groups is 2. The van der Waals surface area contributed by atoms with Crippen LogP contribution in [0.25, 0.3) is 0 Å². The average molecular weight is 223 g/mol. The van der Waals surface area contributed by atoms with Crippen LogP contribution in [-0.2, 0) is 16.0 Å². The normalized spacial score (nSPS) is 19.6. The minimum Gasteiger partial charge on any atom is -0.480 e. The molecule has 1 N–H and O–H groups in total. The molecule has 1 saturated heterocycles. The smallest absolute Gasteiger partial charge is 0.323 e. The predicted octanol–water partition coefficient (Wildman–Crippen LogP) is 0.898. The maximum atomic E-state index is 11.2. The van der Waals surface area contributed by atoms with Gasteiger partial charge in [-0.05, 0) is 18.6 Å². The second-order valence-corrected chi connectivity index (χ2v) is 3.89. The topological polar surface area (TPSA) is 70.8 Å². The van der Waals surface area contributed by atoms with Gasteiger partial charge in [0, 0.05) is 18.9 Å². The van der Waals surface area contributed by atoms with Gasteiger partial charge in [-0.25, -0.2) is 0 Å². The third-order valence-corrected chi connectivity index (χ3v) is 2.78. The second-order valence-electron chi connectivity index (χ2n) is 3.89. The first kappa shape index (κ1) is 10.7. The first-order chi connectivity index (χ1) is 7.66. The zero-order chi connectivity index (χ0) is 11.5. The van der Waals surface area contributed by atoms with E-state index in [-0.39, 0.29) is 18.5 Å². The molecule has 0 bridgehead atoms. The second kappa shape index (κ2) is 4.38. The molecule has 5 heteroatoms. The van der Waals surface area contributed by atoms with Crippen molar-refractivity contribution < 1.29 is 19.1 Å². The van der Waals surface area contributed by atoms with Gasteiger partial charge in [0.25, 0.3) is 0 Å². The van der Waals surface area contributed by atoms with Gasteiger partial charge in [-0.3, -0.25) is 9.59 Å². The zero-order valence-electron chi connectivity index (χ0n) is 8.76. The highest BCUT2D eigenvalue weighted by atomic mass is 16.4. The van der Waals surface area contributed by atoms with Crippen LogP contribution in [0, 0.1) is 0 Å². The van der Waals surface area contributed by atoms with E-state index in [4.69, 9.17) is 9.52 Å². The molecular formula is C11H13NO4. The number of β-lactam (4-membered cyclic amide) rings is 1. The van der Waals surface area contributed by atoms with Gasteiger partial charge < -0.3 is 14.4 Å². The van der Waals surface area contributed by atoms with Crippen molar-refractivity contribution in [3.05, 3.63) is 24.2 Å². The summed E-state index contributed by atoms with van der Waals surface area (Å²) >= 11 is 0. The van der Waals surface area contributed by atoms with Gasteiger partial charge in [0.15, 0.2) is 0 Å². The van der Waals surface area contributed by atoms with Crippen LogP contribution in [0.3, 0.4) is 0 Å². The van der Waals surface area contributed by atoms with Crippen molar-refractivity contribution in [3.63, 3.8) is 0 Å².